The van der Waals surface area contributed by atoms with Gasteiger partial charge in [0.15, 0.2) is 0 Å². The highest BCUT2D eigenvalue weighted by Gasteiger charge is 2.30. The van der Waals surface area contributed by atoms with Crippen molar-refractivity contribution in [1.29, 1.82) is 0 Å². The molecule has 3 aromatic rings. The topological polar surface area (TPSA) is 69.2 Å². The zero-order valence-corrected chi connectivity index (χ0v) is 18.3. The van der Waals surface area contributed by atoms with Gasteiger partial charge in [-0.25, -0.2) is 0 Å². The van der Waals surface area contributed by atoms with Crippen LogP contribution in [0.4, 0.5) is 0 Å². The molecule has 2 saturated heterocycles. The molecule has 0 radical (unpaired) electrons. The van der Waals surface area contributed by atoms with Crippen molar-refractivity contribution < 1.29 is 9.26 Å². The summed E-state index contributed by atoms with van der Waals surface area (Å²) in [6.07, 6.45) is 4.38. The molecule has 2 aliphatic heterocycles. The lowest BCUT2D eigenvalue weighted by molar-refractivity contribution is 0.0239. The monoisotopic (exact) mass is 429 g/mol. The Labute approximate surface area is 181 Å². The molecule has 2 aliphatic rings. The Morgan fingerprint density at radius 1 is 1.10 bits per heavy atom. The van der Waals surface area contributed by atoms with Crippen LogP contribution in [0.2, 0.25) is 5.02 Å². The number of benzene rings is 1. The van der Waals surface area contributed by atoms with Gasteiger partial charge >= 0.3 is 0 Å². The third-order valence-electron chi connectivity index (χ3n) is 6.42. The first-order valence-electron chi connectivity index (χ1n) is 10.9. The number of halogens is 1. The second-order valence-electron chi connectivity index (χ2n) is 8.70. The fourth-order valence-corrected chi connectivity index (χ4v) is 4.91. The molecule has 7 nitrogen and oxygen atoms in total. The Balaban J connectivity index is 1.35. The number of ether oxygens (including phenoxy) is 1. The number of piperidine rings is 1. The summed E-state index contributed by atoms with van der Waals surface area (Å²) in [7, 11) is 0. The van der Waals surface area contributed by atoms with E-state index in [1.54, 1.807) is 4.68 Å². The largest absolute Gasteiger partial charge is 0.381 e. The number of aromatic nitrogens is 4. The second-order valence-corrected chi connectivity index (χ2v) is 9.14. The molecule has 4 heterocycles. The van der Waals surface area contributed by atoms with Gasteiger partial charge in [0.25, 0.3) is 5.95 Å². The van der Waals surface area contributed by atoms with E-state index in [0.29, 0.717) is 22.9 Å². The van der Waals surface area contributed by atoms with Crippen LogP contribution in [-0.4, -0.2) is 57.2 Å². The fraction of sp³-hybridized carbons (Fsp3) is 0.591. The maximum Gasteiger partial charge on any atom is 0.291 e. The van der Waals surface area contributed by atoms with Crippen molar-refractivity contribution in [2.75, 3.05) is 26.3 Å². The first-order chi connectivity index (χ1) is 14.6. The highest BCUT2D eigenvalue weighted by atomic mass is 35.5. The van der Waals surface area contributed by atoms with Gasteiger partial charge in [-0.15, -0.1) is 0 Å². The average molecular weight is 430 g/mol. The average Bonchev–Trinajstić information content (AvgIpc) is 3.39. The molecular weight excluding hydrogens is 402 g/mol. The lowest BCUT2D eigenvalue weighted by Crippen LogP contribution is -2.43. The Hall–Kier alpha value is -1.96. The number of nitrogens with zero attached hydrogens (tertiary/aromatic N) is 5. The summed E-state index contributed by atoms with van der Waals surface area (Å²) in [5.41, 5.74) is 1.94. The van der Waals surface area contributed by atoms with Crippen LogP contribution in [0.25, 0.3) is 16.9 Å². The lowest BCUT2D eigenvalue weighted by Gasteiger charge is -2.38. The normalized spacial score (nSPS) is 19.9. The van der Waals surface area contributed by atoms with Gasteiger partial charge in [0.05, 0.1) is 11.2 Å². The van der Waals surface area contributed by atoms with Gasteiger partial charge in [-0.3, -0.25) is 0 Å². The van der Waals surface area contributed by atoms with Crippen LogP contribution in [0, 0.1) is 0 Å². The molecule has 30 heavy (non-hydrogen) atoms. The highest BCUT2D eigenvalue weighted by Crippen LogP contribution is 2.32. The van der Waals surface area contributed by atoms with E-state index in [4.69, 9.17) is 30.9 Å². The summed E-state index contributed by atoms with van der Waals surface area (Å²) < 4.78 is 13.0. The minimum Gasteiger partial charge on any atom is -0.381 e. The van der Waals surface area contributed by atoms with Crippen molar-refractivity contribution in [2.24, 2.45) is 0 Å². The predicted octanol–water partition coefficient (Wildman–Crippen LogP) is 4.54. The zero-order valence-electron chi connectivity index (χ0n) is 17.6. The summed E-state index contributed by atoms with van der Waals surface area (Å²) in [5, 5.41) is 10.8. The maximum absolute atomic E-state index is 6.23. The molecular formula is C22H28ClN5O2. The van der Waals surface area contributed by atoms with E-state index < -0.39 is 0 Å². The van der Waals surface area contributed by atoms with Gasteiger partial charge in [-0.1, -0.05) is 25.4 Å². The van der Waals surface area contributed by atoms with Gasteiger partial charge in [0.1, 0.15) is 0 Å². The van der Waals surface area contributed by atoms with Crippen LogP contribution < -0.4 is 0 Å². The molecule has 2 aromatic heterocycles. The molecule has 0 atom stereocenters. The van der Waals surface area contributed by atoms with Gasteiger partial charge in [-0.05, 0) is 68.0 Å². The van der Waals surface area contributed by atoms with E-state index in [2.05, 4.69) is 23.9 Å². The Kier molecular flexibility index (Phi) is 5.52. The summed E-state index contributed by atoms with van der Waals surface area (Å²) in [4.78, 5) is 7.35. The fourth-order valence-electron chi connectivity index (χ4n) is 4.73. The zero-order chi connectivity index (χ0) is 20.7. The maximum atomic E-state index is 6.23. The lowest BCUT2D eigenvalue weighted by atomic mass is 9.94. The summed E-state index contributed by atoms with van der Waals surface area (Å²) in [6, 6.07) is 6.47. The van der Waals surface area contributed by atoms with Crippen LogP contribution in [-0.2, 0) is 4.74 Å². The van der Waals surface area contributed by atoms with Gasteiger partial charge in [0, 0.05) is 35.6 Å². The van der Waals surface area contributed by atoms with E-state index in [1.165, 1.54) is 0 Å². The quantitative estimate of drug-likeness (QED) is 0.606. The molecule has 160 valence electrons. The number of likely N-dealkylation sites (tertiary alicyclic amines) is 1. The Morgan fingerprint density at radius 3 is 2.60 bits per heavy atom. The minimum absolute atomic E-state index is 0.271. The van der Waals surface area contributed by atoms with Crippen molar-refractivity contribution >= 4 is 22.5 Å². The summed E-state index contributed by atoms with van der Waals surface area (Å²) >= 11 is 6.23. The first-order valence-corrected chi connectivity index (χ1v) is 11.3. The van der Waals surface area contributed by atoms with Crippen molar-refractivity contribution in [3.63, 3.8) is 0 Å². The Bertz CT molecular complexity index is 1020. The van der Waals surface area contributed by atoms with Crippen LogP contribution in [0.5, 0.6) is 0 Å². The molecule has 0 saturated carbocycles. The standard InChI is InChI=1S/C22H28ClN5O2/c1-14(2)20-18-13-16(23)3-4-19(18)28(25-20)22-24-21(30-26-22)15-5-9-27(10-6-15)17-7-11-29-12-8-17/h3-4,13-15,17H,5-12H2,1-2H3. The molecule has 8 heteroatoms. The van der Waals surface area contributed by atoms with Crippen LogP contribution in [0.3, 0.4) is 0 Å². The van der Waals surface area contributed by atoms with Gasteiger partial charge in [-0.2, -0.15) is 14.8 Å². The van der Waals surface area contributed by atoms with E-state index in [0.717, 1.165) is 74.5 Å². The second kappa shape index (κ2) is 8.29. The van der Waals surface area contributed by atoms with Gasteiger partial charge < -0.3 is 14.2 Å². The van der Waals surface area contributed by atoms with Crippen molar-refractivity contribution in [3.8, 4) is 5.95 Å². The Morgan fingerprint density at radius 2 is 1.87 bits per heavy atom. The molecule has 0 bridgehead atoms. The molecule has 0 N–H and O–H groups in total. The van der Waals surface area contributed by atoms with Crippen molar-refractivity contribution in [2.45, 2.75) is 57.4 Å². The molecule has 1 aromatic carbocycles. The third kappa shape index (κ3) is 3.74. The van der Waals surface area contributed by atoms with Crippen LogP contribution in [0.15, 0.2) is 22.7 Å². The van der Waals surface area contributed by atoms with E-state index >= 15 is 0 Å². The highest BCUT2D eigenvalue weighted by molar-refractivity contribution is 6.31. The smallest absolute Gasteiger partial charge is 0.291 e. The van der Waals surface area contributed by atoms with Gasteiger partial charge in [0.2, 0.25) is 5.89 Å². The number of hydrogen-bond acceptors (Lipinski definition) is 6. The van der Waals surface area contributed by atoms with E-state index in [1.807, 2.05) is 18.2 Å². The molecule has 0 unspecified atom stereocenters. The van der Waals surface area contributed by atoms with Crippen molar-refractivity contribution in [1.82, 2.24) is 24.8 Å². The van der Waals surface area contributed by atoms with E-state index in [9.17, 15) is 0 Å². The number of rotatable bonds is 4. The molecule has 0 amide bonds. The molecule has 0 spiro atoms. The summed E-state index contributed by atoms with van der Waals surface area (Å²) in [5.74, 6) is 1.80. The predicted molar refractivity (Wildman–Crippen MR) is 115 cm³/mol. The van der Waals surface area contributed by atoms with Crippen LogP contribution in [0.1, 0.15) is 63.0 Å². The van der Waals surface area contributed by atoms with Crippen LogP contribution >= 0.6 is 11.6 Å². The summed E-state index contributed by atoms with van der Waals surface area (Å²) in [6.45, 7) is 8.18. The first kappa shape index (κ1) is 20.0. The molecule has 2 fully saturated rings. The third-order valence-corrected chi connectivity index (χ3v) is 6.66. The SMILES string of the molecule is CC(C)c1nn(-c2noc(C3CCN(C4CCOCC4)CC3)n2)c2ccc(Cl)cc12. The van der Waals surface area contributed by atoms with E-state index in [-0.39, 0.29) is 5.92 Å². The minimum atomic E-state index is 0.271. The number of hydrogen-bond donors (Lipinski definition) is 0. The molecule has 5 rings (SSSR count). The molecule has 0 aliphatic carbocycles. The van der Waals surface area contributed by atoms with Crippen molar-refractivity contribution in [3.05, 3.63) is 34.8 Å². The number of fused-ring (bicyclic) bond motifs is 1.